The zero-order chi connectivity index (χ0) is 31.6. The van der Waals surface area contributed by atoms with E-state index in [0.29, 0.717) is 29.0 Å². The molecule has 1 fully saturated rings. The van der Waals surface area contributed by atoms with Gasteiger partial charge in [0.2, 0.25) is 5.91 Å². The maximum Gasteiger partial charge on any atom is 0.418 e. The maximum atomic E-state index is 13.9. The third-order valence-electron chi connectivity index (χ3n) is 8.11. The molecule has 6 rings (SSSR count). The van der Waals surface area contributed by atoms with Gasteiger partial charge in [-0.25, -0.2) is 0 Å². The molecule has 6 nitrogen and oxygen atoms in total. The first kappa shape index (κ1) is 30.0. The highest BCUT2D eigenvalue weighted by atomic mass is 19.4. The fourth-order valence-corrected chi connectivity index (χ4v) is 5.90. The second-order valence-corrected chi connectivity index (χ2v) is 11.1. The Kier molecular flexibility index (Phi) is 8.36. The number of nitrogens with two attached hydrogens (primary N) is 1. The van der Waals surface area contributed by atoms with Gasteiger partial charge < -0.3 is 10.5 Å². The summed E-state index contributed by atoms with van der Waals surface area (Å²) in [5, 5.41) is 0.218. The average Bonchev–Trinajstić information content (AvgIpc) is 3.52. The highest BCUT2D eigenvalue weighted by Crippen LogP contribution is 2.39. The topological polar surface area (TPSA) is 85.5 Å². The highest BCUT2D eigenvalue weighted by Gasteiger charge is 2.34. The second kappa shape index (κ2) is 12.5. The van der Waals surface area contributed by atoms with Crippen LogP contribution in [0.25, 0.3) is 22.0 Å². The Balaban J connectivity index is 1.29. The van der Waals surface area contributed by atoms with E-state index in [0.717, 1.165) is 36.6 Å². The molecule has 4 aromatic carbocycles. The minimum atomic E-state index is -4.62. The Hall–Kier alpha value is -5.02. The summed E-state index contributed by atoms with van der Waals surface area (Å²) in [6, 6.07) is 27.1. The van der Waals surface area contributed by atoms with E-state index < -0.39 is 11.7 Å². The van der Waals surface area contributed by atoms with Crippen LogP contribution in [0.2, 0.25) is 0 Å². The Bertz CT molecular complexity index is 1860. The second-order valence-electron chi connectivity index (χ2n) is 11.1. The van der Waals surface area contributed by atoms with Gasteiger partial charge in [0.15, 0.2) is 5.78 Å². The van der Waals surface area contributed by atoms with Crippen molar-refractivity contribution >= 4 is 22.6 Å². The third kappa shape index (κ3) is 6.44. The monoisotopic (exact) mass is 609 g/mol. The molecule has 1 saturated heterocycles. The van der Waals surface area contributed by atoms with Crippen LogP contribution >= 0.6 is 0 Å². The molecule has 45 heavy (non-hydrogen) atoms. The summed E-state index contributed by atoms with van der Waals surface area (Å²) < 4.78 is 47.9. The molecule has 1 aromatic heterocycles. The van der Waals surface area contributed by atoms with Gasteiger partial charge in [-0.1, -0.05) is 78.9 Å². The number of hydrogen-bond donors (Lipinski definition) is 1. The van der Waals surface area contributed by atoms with Gasteiger partial charge in [0.25, 0.3) is 0 Å². The average molecular weight is 610 g/mol. The van der Waals surface area contributed by atoms with Gasteiger partial charge in [0.1, 0.15) is 12.4 Å². The first-order chi connectivity index (χ1) is 21.7. The molecule has 228 valence electrons. The van der Waals surface area contributed by atoms with E-state index in [4.69, 9.17) is 10.5 Å². The van der Waals surface area contributed by atoms with E-state index in [2.05, 4.69) is 9.88 Å². The van der Waals surface area contributed by atoms with Crippen molar-refractivity contribution in [2.45, 2.75) is 38.2 Å². The van der Waals surface area contributed by atoms with Crippen molar-refractivity contribution in [3.8, 4) is 16.9 Å². The number of alkyl halides is 3. The van der Waals surface area contributed by atoms with Gasteiger partial charge in [0, 0.05) is 34.8 Å². The number of ketones is 1. The summed E-state index contributed by atoms with van der Waals surface area (Å²) >= 11 is 0. The van der Waals surface area contributed by atoms with Crippen molar-refractivity contribution in [3.05, 3.63) is 131 Å². The first-order valence-corrected chi connectivity index (χ1v) is 14.6. The van der Waals surface area contributed by atoms with Crippen molar-refractivity contribution in [2.24, 2.45) is 5.73 Å². The van der Waals surface area contributed by atoms with Crippen LogP contribution in [0, 0.1) is 0 Å². The third-order valence-corrected chi connectivity index (χ3v) is 8.11. The van der Waals surface area contributed by atoms with Crippen LogP contribution in [-0.2, 0) is 24.1 Å². The fourth-order valence-electron chi connectivity index (χ4n) is 5.90. The largest absolute Gasteiger partial charge is 0.489 e. The Morgan fingerprint density at radius 1 is 0.911 bits per heavy atom. The minimum absolute atomic E-state index is 0.192. The zero-order valence-corrected chi connectivity index (χ0v) is 24.3. The number of pyridine rings is 1. The summed E-state index contributed by atoms with van der Waals surface area (Å²) in [4.78, 5) is 31.6. The lowest BCUT2D eigenvalue weighted by molar-refractivity contribution is -0.136. The number of aromatic nitrogens is 1. The number of amides is 1. The predicted octanol–water partition coefficient (Wildman–Crippen LogP) is 7.18. The molecule has 1 atom stereocenters. The van der Waals surface area contributed by atoms with Crippen LogP contribution in [-0.4, -0.2) is 34.2 Å². The maximum absolute atomic E-state index is 13.9. The van der Waals surface area contributed by atoms with E-state index in [1.807, 2.05) is 24.3 Å². The molecular formula is C36H30F3N3O3. The van der Waals surface area contributed by atoms with Crippen LogP contribution in [0.15, 0.2) is 103 Å². The van der Waals surface area contributed by atoms with Crippen molar-refractivity contribution in [2.75, 3.05) is 6.54 Å². The molecule has 2 heterocycles. The van der Waals surface area contributed by atoms with Gasteiger partial charge in [0.05, 0.1) is 17.1 Å². The number of primary amides is 1. The molecule has 0 spiro atoms. The van der Waals surface area contributed by atoms with Gasteiger partial charge >= 0.3 is 6.18 Å². The molecular weight excluding hydrogens is 579 g/mol. The normalized spacial score (nSPS) is 15.3. The standard InChI is InChI=1S/C36H30F3N3O3/c37-36(38,39)30-12-5-11-28-32(29(20-41-33(28)30)34(43)25-7-2-1-3-8-25)26-9-4-10-27(19-26)45-22-24-16-14-23(15-17-24)21-42-18-6-13-31(42)35(40)44/h1-5,7-12,14-17,19-20,31H,6,13,18,21-22H2,(H2,40,44). The number of para-hydroxylation sites is 1. The van der Waals surface area contributed by atoms with Crippen LogP contribution in [0.4, 0.5) is 13.2 Å². The smallest absolute Gasteiger partial charge is 0.418 e. The van der Waals surface area contributed by atoms with Crippen LogP contribution in [0.5, 0.6) is 5.75 Å². The van der Waals surface area contributed by atoms with E-state index in [9.17, 15) is 22.8 Å². The van der Waals surface area contributed by atoms with E-state index in [1.165, 1.54) is 12.3 Å². The summed E-state index contributed by atoms with van der Waals surface area (Å²) in [5.74, 6) is -0.148. The molecule has 5 aromatic rings. The molecule has 0 aliphatic carbocycles. The molecule has 9 heteroatoms. The van der Waals surface area contributed by atoms with Gasteiger partial charge in [-0.05, 0) is 54.3 Å². The van der Waals surface area contributed by atoms with Crippen molar-refractivity contribution in [3.63, 3.8) is 0 Å². The SMILES string of the molecule is NC(=O)C1CCCN1Cc1ccc(COc2cccc(-c3c(C(=O)c4ccccc4)cnc4c(C(F)(F)F)cccc34)c2)cc1. The van der Waals surface area contributed by atoms with E-state index in [-0.39, 0.29) is 40.8 Å². The predicted molar refractivity (Wildman–Crippen MR) is 165 cm³/mol. The number of likely N-dealkylation sites (tertiary alicyclic amines) is 1. The van der Waals surface area contributed by atoms with Crippen LogP contribution < -0.4 is 10.5 Å². The molecule has 0 bridgehead atoms. The number of benzene rings is 4. The highest BCUT2D eigenvalue weighted by molar-refractivity contribution is 6.16. The number of carbonyl (C=O) groups is 2. The molecule has 1 aliphatic rings. The van der Waals surface area contributed by atoms with Gasteiger partial charge in [-0.2, -0.15) is 13.2 Å². The minimum Gasteiger partial charge on any atom is -0.489 e. The Labute approximate surface area is 258 Å². The summed E-state index contributed by atoms with van der Waals surface area (Å²) in [6.45, 7) is 1.72. The number of halogens is 3. The Morgan fingerprint density at radius 2 is 1.64 bits per heavy atom. The zero-order valence-electron chi connectivity index (χ0n) is 24.3. The molecule has 1 unspecified atom stereocenters. The quantitative estimate of drug-likeness (QED) is 0.179. The first-order valence-electron chi connectivity index (χ1n) is 14.6. The summed E-state index contributed by atoms with van der Waals surface area (Å²) in [5.41, 5.74) is 7.90. The number of nitrogens with zero attached hydrogens (tertiary/aromatic N) is 2. The lowest BCUT2D eigenvalue weighted by atomic mass is 9.91. The number of hydrogen-bond acceptors (Lipinski definition) is 5. The van der Waals surface area contributed by atoms with Crippen molar-refractivity contribution < 1.29 is 27.5 Å². The summed E-state index contributed by atoms with van der Waals surface area (Å²) in [6.07, 6.45) is -1.67. The number of fused-ring (bicyclic) bond motifs is 1. The number of carbonyl (C=O) groups excluding carboxylic acids is 2. The Morgan fingerprint density at radius 3 is 2.38 bits per heavy atom. The van der Waals surface area contributed by atoms with E-state index >= 15 is 0 Å². The molecule has 1 amide bonds. The molecule has 1 aliphatic heterocycles. The number of ether oxygens (including phenoxy) is 1. The van der Waals surface area contributed by atoms with Crippen LogP contribution in [0.3, 0.4) is 0 Å². The van der Waals surface area contributed by atoms with Crippen molar-refractivity contribution in [1.29, 1.82) is 0 Å². The van der Waals surface area contributed by atoms with Crippen molar-refractivity contribution in [1.82, 2.24) is 9.88 Å². The lowest BCUT2D eigenvalue weighted by Crippen LogP contribution is -2.39. The van der Waals surface area contributed by atoms with Gasteiger partial charge in [-0.15, -0.1) is 0 Å². The van der Waals surface area contributed by atoms with E-state index in [1.54, 1.807) is 60.7 Å². The lowest BCUT2D eigenvalue weighted by Gasteiger charge is -2.21. The summed E-state index contributed by atoms with van der Waals surface area (Å²) in [7, 11) is 0. The molecule has 2 N–H and O–H groups in total. The molecule has 0 radical (unpaired) electrons. The van der Waals surface area contributed by atoms with Gasteiger partial charge in [-0.3, -0.25) is 19.5 Å². The fraction of sp³-hybridized carbons (Fsp3) is 0.194. The molecule has 0 saturated carbocycles. The number of rotatable bonds is 9. The van der Waals surface area contributed by atoms with Crippen LogP contribution in [0.1, 0.15) is 45.5 Å².